The Labute approximate surface area is 201 Å². The number of anilines is 1. The molecule has 2 heterocycles. The molecule has 180 valence electrons. The van der Waals surface area contributed by atoms with Crippen LogP contribution in [-0.4, -0.2) is 59.9 Å². The van der Waals surface area contributed by atoms with E-state index in [4.69, 9.17) is 0 Å². The third-order valence-electron chi connectivity index (χ3n) is 6.96. The van der Waals surface area contributed by atoms with Gasteiger partial charge in [-0.1, -0.05) is 35.9 Å². The van der Waals surface area contributed by atoms with Crippen molar-refractivity contribution in [3.05, 3.63) is 65.2 Å². The Morgan fingerprint density at radius 3 is 2.15 bits per heavy atom. The number of nitrogens with zero attached hydrogens (tertiary/aromatic N) is 2. The largest absolute Gasteiger partial charge is 0.341 e. The maximum absolute atomic E-state index is 13.4. The first-order valence-corrected chi connectivity index (χ1v) is 12.2. The topological polar surface area (TPSA) is 81.8 Å². The lowest BCUT2D eigenvalue weighted by molar-refractivity contribution is -0.134. The van der Waals surface area contributed by atoms with Gasteiger partial charge in [-0.15, -0.1) is 0 Å². The Bertz CT molecular complexity index is 1020. The summed E-state index contributed by atoms with van der Waals surface area (Å²) in [7, 11) is 0. The van der Waals surface area contributed by atoms with Crippen molar-refractivity contribution in [3.63, 3.8) is 0 Å². The monoisotopic (exact) mass is 462 g/mol. The number of carbonyl (C=O) groups is 3. The van der Waals surface area contributed by atoms with Gasteiger partial charge in [0, 0.05) is 37.4 Å². The lowest BCUT2D eigenvalue weighted by Crippen LogP contribution is -2.54. The highest BCUT2D eigenvalue weighted by Gasteiger charge is 2.37. The van der Waals surface area contributed by atoms with Gasteiger partial charge in [-0.2, -0.15) is 0 Å². The van der Waals surface area contributed by atoms with Crippen molar-refractivity contribution in [3.8, 4) is 0 Å². The zero-order chi connectivity index (χ0) is 24.1. The zero-order valence-electron chi connectivity index (χ0n) is 20.0. The quantitative estimate of drug-likeness (QED) is 0.706. The number of urea groups is 1. The number of nitrogens with one attached hydrogen (secondary N) is 2. The predicted octanol–water partition coefficient (Wildman–Crippen LogP) is 3.97. The molecule has 0 spiro atoms. The Balaban J connectivity index is 1.42. The Kier molecular flexibility index (Phi) is 7.50. The van der Waals surface area contributed by atoms with Crippen LogP contribution < -0.4 is 10.6 Å². The van der Waals surface area contributed by atoms with Gasteiger partial charge in [-0.3, -0.25) is 9.59 Å². The summed E-state index contributed by atoms with van der Waals surface area (Å²) in [5.41, 5.74) is 3.39. The number of amides is 4. The highest BCUT2D eigenvalue weighted by molar-refractivity contribution is 5.98. The van der Waals surface area contributed by atoms with E-state index in [-0.39, 0.29) is 23.8 Å². The molecule has 2 N–H and O–H groups in total. The van der Waals surface area contributed by atoms with E-state index in [1.165, 1.54) is 0 Å². The van der Waals surface area contributed by atoms with Crippen molar-refractivity contribution in [2.24, 2.45) is 5.92 Å². The molecule has 2 aromatic carbocycles. The number of likely N-dealkylation sites (tertiary alicyclic amines) is 2. The average Bonchev–Trinajstić information content (AvgIpc) is 3.39. The van der Waals surface area contributed by atoms with Gasteiger partial charge in [0.05, 0.1) is 0 Å². The summed E-state index contributed by atoms with van der Waals surface area (Å²) in [6.45, 7) is 6.49. The van der Waals surface area contributed by atoms with Gasteiger partial charge in [-0.25, -0.2) is 4.79 Å². The summed E-state index contributed by atoms with van der Waals surface area (Å²) in [6.07, 6.45) is 3.34. The molecule has 2 aliphatic heterocycles. The van der Waals surface area contributed by atoms with Gasteiger partial charge in [0.25, 0.3) is 5.91 Å². The lowest BCUT2D eigenvalue weighted by Gasteiger charge is -2.37. The molecule has 0 bridgehead atoms. The number of hydrogen-bond donors (Lipinski definition) is 2. The van der Waals surface area contributed by atoms with Gasteiger partial charge >= 0.3 is 6.03 Å². The van der Waals surface area contributed by atoms with E-state index in [2.05, 4.69) is 10.6 Å². The molecule has 2 aromatic rings. The molecule has 2 aliphatic rings. The van der Waals surface area contributed by atoms with Crippen LogP contribution in [0.3, 0.4) is 0 Å². The molecule has 34 heavy (non-hydrogen) atoms. The van der Waals surface area contributed by atoms with Crippen molar-refractivity contribution in [1.82, 2.24) is 15.1 Å². The molecule has 7 heteroatoms. The Morgan fingerprint density at radius 2 is 1.50 bits per heavy atom. The number of hydrogen-bond acceptors (Lipinski definition) is 3. The summed E-state index contributed by atoms with van der Waals surface area (Å²) >= 11 is 0. The van der Waals surface area contributed by atoms with Gasteiger partial charge in [-0.05, 0) is 69.2 Å². The van der Waals surface area contributed by atoms with Crippen molar-refractivity contribution in [2.75, 3.05) is 31.5 Å². The second-order valence-corrected chi connectivity index (χ2v) is 9.42. The van der Waals surface area contributed by atoms with E-state index in [9.17, 15) is 14.4 Å². The zero-order valence-corrected chi connectivity index (χ0v) is 20.0. The Morgan fingerprint density at radius 1 is 0.853 bits per heavy atom. The van der Waals surface area contributed by atoms with E-state index in [1.54, 1.807) is 11.0 Å². The summed E-state index contributed by atoms with van der Waals surface area (Å²) in [5.74, 6) is -0.221. The SMILES string of the molecule is Cc1ccc(NC(=O)N2CCC(C(NC(=O)c3ccccc3C)C(=O)N3CCCC3)CC2)cc1. The van der Waals surface area contributed by atoms with Crippen molar-refractivity contribution < 1.29 is 14.4 Å². The minimum atomic E-state index is -0.576. The first-order valence-electron chi connectivity index (χ1n) is 12.2. The fourth-order valence-corrected chi connectivity index (χ4v) is 4.84. The third kappa shape index (κ3) is 5.58. The maximum Gasteiger partial charge on any atom is 0.321 e. The van der Waals surface area contributed by atoms with Gasteiger partial charge in [0.1, 0.15) is 6.04 Å². The van der Waals surface area contributed by atoms with E-state index >= 15 is 0 Å². The minimum Gasteiger partial charge on any atom is -0.341 e. The van der Waals surface area contributed by atoms with Crippen LogP contribution in [0.5, 0.6) is 0 Å². The summed E-state index contributed by atoms with van der Waals surface area (Å²) in [5, 5.41) is 6.01. The molecule has 0 aromatic heterocycles. The van der Waals surface area contributed by atoms with Crippen molar-refractivity contribution in [2.45, 2.75) is 45.6 Å². The smallest absolute Gasteiger partial charge is 0.321 e. The molecule has 7 nitrogen and oxygen atoms in total. The van der Waals surface area contributed by atoms with Crippen molar-refractivity contribution >= 4 is 23.5 Å². The molecule has 0 saturated carbocycles. The average molecular weight is 463 g/mol. The molecular formula is C27H34N4O3. The number of piperidine rings is 1. The molecule has 2 fully saturated rings. The second-order valence-electron chi connectivity index (χ2n) is 9.42. The van der Waals surface area contributed by atoms with Gasteiger partial charge in [0.15, 0.2) is 0 Å². The number of aryl methyl sites for hydroxylation is 2. The van der Waals surface area contributed by atoms with Crippen LogP contribution >= 0.6 is 0 Å². The minimum absolute atomic E-state index is 0.00184. The van der Waals surface area contributed by atoms with Gasteiger partial charge < -0.3 is 20.4 Å². The summed E-state index contributed by atoms with van der Waals surface area (Å²) in [4.78, 5) is 42.9. The second kappa shape index (κ2) is 10.7. The van der Waals surface area contributed by atoms with Gasteiger partial charge in [0.2, 0.25) is 5.91 Å². The summed E-state index contributed by atoms with van der Waals surface area (Å²) < 4.78 is 0. The third-order valence-corrected chi connectivity index (χ3v) is 6.96. The normalized spacial score (nSPS) is 17.4. The van der Waals surface area contributed by atoms with Crippen LogP contribution in [0.15, 0.2) is 48.5 Å². The van der Waals surface area contributed by atoms with Crippen LogP contribution in [0.2, 0.25) is 0 Å². The fourth-order valence-electron chi connectivity index (χ4n) is 4.84. The van der Waals surface area contributed by atoms with E-state index < -0.39 is 6.04 Å². The molecule has 4 rings (SSSR count). The first-order chi connectivity index (χ1) is 16.4. The van der Waals surface area contributed by atoms with Crippen molar-refractivity contribution in [1.29, 1.82) is 0 Å². The molecular weight excluding hydrogens is 428 g/mol. The molecule has 2 saturated heterocycles. The van der Waals surface area contributed by atoms with E-state index in [0.717, 1.165) is 42.7 Å². The van der Waals surface area contributed by atoms with Crippen LogP contribution in [-0.2, 0) is 4.79 Å². The highest BCUT2D eigenvalue weighted by atomic mass is 16.2. The molecule has 0 radical (unpaired) electrons. The molecule has 1 atom stereocenters. The fraction of sp³-hybridized carbons (Fsp3) is 0.444. The Hall–Kier alpha value is -3.35. The van der Waals surface area contributed by atoms with E-state index in [1.807, 2.05) is 61.2 Å². The highest BCUT2D eigenvalue weighted by Crippen LogP contribution is 2.25. The standard InChI is InChI=1S/C27H34N4O3/c1-19-9-11-22(12-10-19)28-27(34)31-17-13-21(14-18-31)24(26(33)30-15-5-6-16-30)29-25(32)23-8-4-3-7-20(23)2/h3-4,7-12,21,24H,5-6,13-18H2,1-2H3,(H,28,34)(H,29,32). The summed E-state index contributed by atoms with van der Waals surface area (Å²) in [6, 6.07) is 14.4. The molecule has 1 unspecified atom stereocenters. The maximum atomic E-state index is 13.4. The lowest BCUT2D eigenvalue weighted by atomic mass is 9.88. The predicted molar refractivity (Wildman–Crippen MR) is 133 cm³/mol. The number of carbonyl (C=O) groups excluding carboxylic acids is 3. The number of benzene rings is 2. The van der Waals surface area contributed by atoms with Crippen LogP contribution in [0.4, 0.5) is 10.5 Å². The molecule has 0 aliphatic carbocycles. The number of rotatable bonds is 5. The van der Waals surface area contributed by atoms with Crippen LogP contribution in [0.25, 0.3) is 0 Å². The van der Waals surface area contributed by atoms with Crippen LogP contribution in [0, 0.1) is 19.8 Å². The van der Waals surface area contributed by atoms with Crippen LogP contribution in [0.1, 0.15) is 47.2 Å². The van der Waals surface area contributed by atoms with E-state index in [0.29, 0.717) is 31.5 Å². The first kappa shape index (κ1) is 23.8. The molecule has 4 amide bonds.